The minimum absolute atomic E-state index is 0.000386. The van der Waals surface area contributed by atoms with Crippen molar-refractivity contribution in [1.29, 1.82) is 0 Å². The summed E-state index contributed by atoms with van der Waals surface area (Å²) < 4.78 is 29.0. The third kappa shape index (κ3) is 4.90. The van der Waals surface area contributed by atoms with Crippen molar-refractivity contribution in [2.24, 2.45) is 13.0 Å². The van der Waals surface area contributed by atoms with Gasteiger partial charge in [-0.15, -0.1) is 11.3 Å². The largest absolute Gasteiger partial charge is 0.338 e. The highest BCUT2D eigenvalue weighted by Gasteiger charge is 2.28. The van der Waals surface area contributed by atoms with Gasteiger partial charge in [-0.3, -0.25) is 9.48 Å². The summed E-state index contributed by atoms with van der Waals surface area (Å²) in [5.41, 5.74) is 0.823. The lowest BCUT2D eigenvalue weighted by molar-refractivity contribution is 0.0689. The average molecular weight is 383 g/mol. The van der Waals surface area contributed by atoms with E-state index >= 15 is 0 Å². The third-order valence-electron chi connectivity index (χ3n) is 4.25. The quantitative estimate of drug-likeness (QED) is 0.820. The maximum atomic E-state index is 12.4. The summed E-state index contributed by atoms with van der Waals surface area (Å²) in [5.74, 6) is 0.00562. The van der Waals surface area contributed by atoms with Gasteiger partial charge in [-0.1, -0.05) is 6.07 Å². The number of hydrogen-bond acceptors (Lipinski definition) is 5. The molecule has 3 rings (SSSR count). The van der Waals surface area contributed by atoms with Gasteiger partial charge < -0.3 is 4.90 Å². The van der Waals surface area contributed by atoms with Gasteiger partial charge in [0, 0.05) is 38.4 Å². The third-order valence-corrected chi connectivity index (χ3v) is 6.60. The Hall–Kier alpha value is -1.71. The van der Waals surface area contributed by atoms with E-state index in [1.807, 2.05) is 17.5 Å². The number of rotatable bonds is 6. The number of nitrogens with zero attached hydrogens (tertiary/aromatic N) is 3. The molecule has 1 amide bonds. The summed E-state index contributed by atoms with van der Waals surface area (Å²) in [7, 11) is -1.60. The number of aromatic nitrogens is 2. The minimum Gasteiger partial charge on any atom is -0.338 e. The first-order chi connectivity index (χ1) is 11.9. The highest BCUT2D eigenvalue weighted by atomic mass is 32.2. The van der Waals surface area contributed by atoms with Crippen molar-refractivity contribution in [3.8, 4) is 0 Å². The summed E-state index contributed by atoms with van der Waals surface area (Å²) in [4.78, 5) is 14.9. The molecule has 9 heteroatoms. The molecule has 7 nitrogen and oxygen atoms in total. The molecule has 0 aliphatic carbocycles. The molecule has 2 aromatic heterocycles. The normalized spacial score (nSPS) is 18.4. The molecular weight excluding hydrogens is 360 g/mol. The molecule has 1 aliphatic rings. The summed E-state index contributed by atoms with van der Waals surface area (Å²) in [6, 6.07) is 3.66. The van der Waals surface area contributed by atoms with Gasteiger partial charge in [-0.05, 0) is 30.2 Å². The lowest BCUT2D eigenvalue weighted by Gasteiger charge is -2.32. The predicted octanol–water partition coefficient (Wildman–Crippen LogP) is 1.45. The zero-order chi connectivity index (χ0) is 17.9. The van der Waals surface area contributed by atoms with E-state index < -0.39 is 10.0 Å². The van der Waals surface area contributed by atoms with E-state index in [-0.39, 0.29) is 24.1 Å². The zero-order valence-corrected chi connectivity index (χ0v) is 15.7. The first kappa shape index (κ1) is 18.1. The first-order valence-corrected chi connectivity index (χ1v) is 10.7. The topological polar surface area (TPSA) is 84.3 Å². The molecule has 0 aromatic carbocycles. The second kappa shape index (κ2) is 7.67. The lowest BCUT2D eigenvalue weighted by Crippen LogP contribution is -2.43. The van der Waals surface area contributed by atoms with Crippen molar-refractivity contribution in [3.05, 3.63) is 40.3 Å². The van der Waals surface area contributed by atoms with Crippen molar-refractivity contribution in [3.63, 3.8) is 0 Å². The fourth-order valence-corrected chi connectivity index (χ4v) is 5.16. The summed E-state index contributed by atoms with van der Waals surface area (Å²) in [6.45, 7) is 1.42. The van der Waals surface area contributed by atoms with Gasteiger partial charge >= 0.3 is 0 Å². The number of carbonyl (C=O) groups excluding carboxylic acids is 1. The van der Waals surface area contributed by atoms with Crippen LogP contribution in [0.3, 0.4) is 0 Å². The molecule has 0 saturated carbocycles. The second-order valence-electron chi connectivity index (χ2n) is 6.36. The van der Waals surface area contributed by atoms with Crippen LogP contribution in [0.2, 0.25) is 0 Å². The van der Waals surface area contributed by atoms with E-state index in [1.54, 1.807) is 29.0 Å². The second-order valence-corrected chi connectivity index (χ2v) is 9.16. The zero-order valence-electron chi connectivity index (χ0n) is 14.1. The van der Waals surface area contributed by atoms with Crippen LogP contribution >= 0.6 is 11.3 Å². The molecule has 3 heterocycles. The summed E-state index contributed by atoms with van der Waals surface area (Å²) in [5, 5.41) is 5.90. The van der Waals surface area contributed by atoms with Crippen LogP contribution in [0.15, 0.2) is 29.9 Å². The molecule has 2 aromatic rings. The number of nitrogens with one attached hydrogen (secondary N) is 1. The molecule has 1 atom stereocenters. The molecule has 1 unspecified atom stereocenters. The molecule has 25 heavy (non-hydrogen) atoms. The number of sulfonamides is 1. The van der Waals surface area contributed by atoms with Crippen LogP contribution in [0.5, 0.6) is 0 Å². The minimum atomic E-state index is -3.40. The van der Waals surface area contributed by atoms with E-state index in [2.05, 4.69) is 9.82 Å². The molecule has 1 N–H and O–H groups in total. The van der Waals surface area contributed by atoms with Gasteiger partial charge in [-0.25, -0.2) is 13.1 Å². The molecule has 1 saturated heterocycles. The number of likely N-dealkylation sites (tertiary alicyclic amines) is 1. The highest BCUT2D eigenvalue weighted by molar-refractivity contribution is 7.89. The smallest absolute Gasteiger partial charge is 0.263 e. The van der Waals surface area contributed by atoms with E-state index in [1.165, 1.54) is 11.3 Å². The van der Waals surface area contributed by atoms with Crippen LogP contribution in [0.25, 0.3) is 0 Å². The molecule has 0 radical (unpaired) electrons. The van der Waals surface area contributed by atoms with Crippen molar-refractivity contribution >= 4 is 27.3 Å². The Morgan fingerprint density at radius 1 is 1.48 bits per heavy atom. The molecule has 136 valence electrons. The Balaban J connectivity index is 1.55. The van der Waals surface area contributed by atoms with Crippen molar-refractivity contribution in [2.75, 3.05) is 18.8 Å². The Kier molecular flexibility index (Phi) is 5.55. The van der Waals surface area contributed by atoms with Crippen LogP contribution in [-0.4, -0.2) is 47.8 Å². The first-order valence-electron chi connectivity index (χ1n) is 8.20. The Labute approximate surface area is 151 Å². The fraction of sp³-hybridized carbons (Fsp3) is 0.500. The monoisotopic (exact) mass is 382 g/mol. The maximum Gasteiger partial charge on any atom is 0.263 e. The van der Waals surface area contributed by atoms with Gasteiger partial charge in [0.25, 0.3) is 5.91 Å². The molecule has 0 bridgehead atoms. The van der Waals surface area contributed by atoms with Crippen molar-refractivity contribution in [1.82, 2.24) is 19.4 Å². The van der Waals surface area contributed by atoms with E-state index in [4.69, 9.17) is 0 Å². The van der Waals surface area contributed by atoms with Crippen LogP contribution in [0.4, 0.5) is 0 Å². The number of amides is 1. The van der Waals surface area contributed by atoms with Crippen LogP contribution in [-0.2, 0) is 23.6 Å². The number of thiophene rings is 1. The Bertz CT molecular complexity index is 814. The van der Waals surface area contributed by atoms with Crippen LogP contribution < -0.4 is 4.72 Å². The van der Waals surface area contributed by atoms with Crippen molar-refractivity contribution < 1.29 is 13.2 Å². The maximum absolute atomic E-state index is 12.4. The van der Waals surface area contributed by atoms with Gasteiger partial charge in [0.05, 0.1) is 16.8 Å². The van der Waals surface area contributed by atoms with Crippen LogP contribution in [0.1, 0.15) is 28.1 Å². The van der Waals surface area contributed by atoms with E-state index in [0.717, 1.165) is 18.4 Å². The summed E-state index contributed by atoms with van der Waals surface area (Å²) >= 11 is 1.42. The Morgan fingerprint density at radius 3 is 3.00 bits per heavy atom. The molecule has 0 spiro atoms. The number of carbonyl (C=O) groups is 1. The van der Waals surface area contributed by atoms with Crippen LogP contribution in [0, 0.1) is 5.92 Å². The van der Waals surface area contributed by atoms with Gasteiger partial charge in [0.1, 0.15) is 0 Å². The number of piperidine rings is 1. The molecular formula is C16H22N4O3S2. The number of hydrogen-bond donors (Lipinski definition) is 1. The lowest BCUT2D eigenvalue weighted by atomic mass is 10.00. The van der Waals surface area contributed by atoms with E-state index in [0.29, 0.717) is 18.0 Å². The van der Waals surface area contributed by atoms with Gasteiger partial charge in [-0.2, -0.15) is 5.10 Å². The van der Waals surface area contributed by atoms with Crippen molar-refractivity contribution in [2.45, 2.75) is 19.4 Å². The van der Waals surface area contributed by atoms with Gasteiger partial charge in [0.2, 0.25) is 10.0 Å². The SMILES string of the molecule is Cn1cc(CNS(=O)(=O)CC2CCCN(C(=O)c3cccs3)C2)cn1. The highest BCUT2D eigenvalue weighted by Crippen LogP contribution is 2.21. The van der Waals surface area contributed by atoms with E-state index in [9.17, 15) is 13.2 Å². The fourth-order valence-electron chi connectivity index (χ4n) is 3.07. The average Bonchev–Trinajstić information content (AvgIpc) is 3.24. The predicted molar refractivity (Wildman–Crippen MR) is 96.8 cm³/mol. The molecule has 1 fully saturated rings. The standard InChI is InChI=1S/C16H22N4O3S2/c1-19-10-14(8-17-19)9-18-25(22,23)12-13-4-2-6-20(11-13)16(21)15-5-3-7-24-15/h3,5,7-8,10,13,18H,2,4,6,9,11-12H2,1H3. The number of aryl methyl sites for hydroxylation is 1. The van der Waals surface area contributed by atoms with Gasteiger partial charge in [0.15, 0.2) is 0 Å². The Morgan fingerprint density at radius 2 is 2.32 bits per heavy atom. The molecule has 1 aliphatic heterocycles. The summed E-state index contributed by atoms with van der Waals surface area (Å²) in [6.07, 6.45) is 5.08.